The normalized spacial score (nSPS) is 12.6. The highest BCUT2D eigenvalue weighted by atomic mass is 16.5. The number of benzene rings is 1. The molecule has 1 aromatic carbocycles. The van der Waals surface area contributed by atoms with Crippen molar-refractivity contribution in [1.82, 2.24) is 4.98 Å². The number of para-hydroxylation sites is 1. The van der Waals surface area contributed by atoms with Crippen molar-refractivity contribution < 1.29 is 4.74 Å². The monoisotopic (exact) mass is 244 g/mol. The van der Waals surface area contributed by atoms with Crippen molar-refractivity contribution in [3.05, 3.63) is 30.5 Å². The number of ether oxygens (including phenoxy) is 1. The van der Waals surface area contributed by atoms with Crippen LogP contribution in [-0.4, -0.2) is 11.6 Å². The van der Waals surface area contributed by atoms with E-state index in [-0.39, 0.29) is 0 Å². The summed E-state index contributed by atoms with van der Waals surface area (Å²) in [5, 5.41) is 0.987. The van der Waals surface area contributed by atoms with Gasteiger partial charge in [-0.1, -0.05) is 32.4 Å². The maximum Gasteiger partial charge on any atom is 0.153 e. The maximum atomic E-state index is 5.96. The molecule has 2 aromatic rings. The SMILES string of the molecule is CCCC(C)COc1c(N)cnc2ccccc12. The minimum absolute atomic E-state index is 0.543. The summed E-state index contributed by atoms with van der Waals surface area (Å²) in [7, 11) is 0. The van der Waals surface area contributed by atoms with Crippen LogP contribution in [0.1, 0.15) is 26.7 Å². The Bertz CT molecular complexity index is 525. The topological polar surface area (TPSA) is 48.1 Å². The molecule has 3 nitrogen and oxygen atoms in total. The van der Waals surface area contributed by atoms with Gasteiger partial charge in [0.05, 0.1) is 24.0 Å². The number of anilines is 1. The van der Waals surface area contributed by atoms with E-state index < -0.39 is 0 Å². The second-order valence-electron chi connectivity index (χ2n) is 4.76. The van der Waals surface area contributed by atoms with E-state index in [0.29, 0.717) is 18.2 Å². The highest BCUT2D eigenvalue weighted by Gasteiger charge is 2.09. The first kappa shape index (κ1) is 12.7. The summed E-state index contributed by atoms with van der Waals surface area (Å²) in [6.45, 7) is 5.09. The van der Waals surface area contributed by atoms with Crippen molar-refractivity contribution in [3.8, 4) is 5.75 Å². The molecule has 1 aromatic heterocycles. The standard InChI is InChI=1S/C15H20N2O/c1-3-6-11(2)10-18-15-12-7-4-5-8-14(12)17-9-13(15)16/h4-5,7-9,11H,3,6,10,16H2,1-2H3. The van der Waals surface area contributed by atoms with Crippen molar-refractivity contribution in [2.24, 2.45) is 5.92 Å². The Morgan fingerprint density at radius 3 is 2.89 bits per heavy atom. The zero-order valence-corrected chi connectivity index (χ0v) is 11.0. The van der Waals surface area contributed by atoms with Crippen molar-refractivity contribution >= 4 is 16.6 Å². The van der Waals surface area contributed by atoms with Gasteiger partial charge in [0, 0.05) is 5.39 Å². The number of hydrogen-bond acceptors (Lipinski definition) is 3. The van der Waals surface area contributed by atoms with Gasteiger partial charge < -0.3 is 10.5 Å². The first-order chi connectivity index (χ1) is 8.72. The number of fused-ring (bicyclic) bond motifs is 1. The Labute approximate surface area is 108 Å². The van der Waals surface area contributed by atoms with Gasteiger partial charge in [0.15, 0.2) is 5.75 Å². The summed E-state index contributed by atoms with van der Waals surface area (Å²) in [5.74, 6) is 1.31. The molecule has 96 valence electrons. The molecule has 1 atom stereocenters. The van der Waals surface area contributed by atoms with Gasteiger partial charge in [-0.3, -0.25) is 4.98 Å². The number of aromatic nitrogens is 1. The third-order valence-electron chi connectivity index (χ3n) is 3.05. The number of nitrogens with zero attached hydrogens (tertiary/aromatic N) is 1. The zero-order valence-electron chi connectivity index (χ0n) is 11.0. The molecule has 0 aliphatic carbocycles. The van der Waals surface area contributed by atoms with E-state index >= 15 is 0 Å². The van der Waals surface area contributed by atoms with E-state index in [1.54, 1.807) is 6.20 Å². The molecular formula is C15H20N2O. The average Bonchev–Trinajstić information content (AvgIpc) is 2.38. The van der Waals surface area contributed by atoms with Crippen LogP contribution in [0.4, 0.5) is 5.69 Å². The Balaban J connectivity index is 2.23. The van der Waals surface area contributed by atoms with Crippen molar-refractivity contribution in [1.29, 1.82) is 0 Å². The smallest absolute Gasteiger partial charge is 0.153 e. The predicted octanol–water partition coefficient (Wildman–Crippen LogP) is 3.63. The Kier molecular flexibility index (Phi) is 4.03. The van der Waals surface area contributed by atoms with Gasteiger partial charge >= 0.3 is 0 Å². The van der Waals surface area contributed by atoms with E-state index in [9.17, 15) is 0 Å². The molecule has 0 amide bonds. The second kappa shape index (κ2) is 5.71. The summed E-state index contributed by atoms with van der Waals surface area (Å²) in [6.07, 6.45) is 4.02. The lowest BCUT2D eigenvalue weighted by Crippen LogP contribution is -2.09. The molecule has 3 heteroatoms. The minimum atomic E-state index is 0.543. The minimum Gasteiger partial charge on any atom is -0.490 e. The van der Waals surface area contributed by atoms with Gasteiger partial charge in [0.25, 0.3) is 0 Å². The summed E-state index contributed by atoms with van der Waals surface area (Å²) >= 11 is 0. The molecule has 1 unspecified atom stereocenters. The van der Waals surface area contributed by atoms with Crippen LogP contribution >= 0.6 is 0 Å². The van der Waals surface area contributed by atoms with Crippen molar-refractivity contribution in [2.75, 3.05) is 12.3 Å². The Morgan fingerprint density at radius 1 is 1.33 bits per heavy atom. The Hall–Kier alpha value is -1.77. The van der Waals surface area contributed by atoms with Crippen LogP contribution in [0.15, 0.2) is 30.5 Å². The molecule has 0 fully saturated rings. The van der Waals surface area contributed by atoms with Gasteiger partial charge in [0.1, 0.15) is 0 Å². The Morgan fingerprint density at radius 2 is 2.11 bits per heavy atom. The molecule has 0 spiro atoms. The molecular weight excluding hydrogens is 224 g/mol. The van der Waals surface area contributed by atoms with Crippen LogP contribution in [0.2, 0.25) is 0 Å². The van der Waals surface area contributed by atoms with Gasteiger partial charge in [-0.15, -0.1) is 0 Å². The van der Waals surface area contributed by atoms with Crippen molar-refractivity contribution in [3.63, 3.8) is 0 Å². The van der Waals surface area contributed by atoms with Crippen molar-refractivity contribution in [2.45, 2.75) is 26.7 Å². The van der Waals surface area contributed by atoms with Crippen LogP contribution in [0, 0.1) is 5.92 Å². The fourth-order valence-electron chi connectivity index (χ4n) is 2.09. The number of hydrogen-bond donors (Lipinski definition) is 1. The van der Waals surface area contributed by atoms with Crippen LogP contribution in [-0.2, 0) is 0 Å². The number of rotatable bonds is 5. The molecule has 0 radical (unpaired) electrons. The molecule has 0 aliphatic heterocycles. The molecule has 0 saturated heterocycles. The van der Waals surface area contributed by atoms with E-state index in [2.05, 4.69) is 18.8 Å². The maximum absolute atomic E-state index is 5.96. The van der Waals surface area contributed by atoms with Gasteiger partial charge in [-0.05, 0) is 24.5 Å². The second-order valence-corrected chi connectivity index (χ2v) is 4.76. The van der Waals surface area contributed by atoms with Gasteiger partial charge in [-0.25, -0.2) is 0 Å². The predicted molar refractivity (Wildman–Crippen MR) is 75.7 cm³/mol. The zero-order chi connectivity index (χ0) is 13.0. The first-order valence-corrected chi connectivity index (χ1v) is 6.48. The summed E-state index contributed by atoms with van der Waals surface area (Å²) in [4.78, 5) is 4.30. The highest BCUT2D eigenvalue weighted by Crippen LogP contribution is 2.30. The quantitative estimate of drug-likeness (QED) is 0.873. The molecule has 0 bridgehead atoms. The average molecular weight is 244 g/mol. The van der Waals surface area contributed by atoms with E-state index in [1.807, 2.05) is 24.3 Å². The van der Waals surface area contributed by atoms with Crippen LogP contribution in [0.25, 0.3) is 10.9 Å². The number of pyridine rings is 1. The van der Waals surface area contributed by atoms with Crippen LogP contribution in [0.5, 0.6) is 5.75 Å². The van der Waals surface area contributed by atoms with Gasteiger partial charge in [0.2, 0.25) is 0 Å². The molecule has 1 heterocycles. The fraction of sp³-hybridized carbons (Fsp3) is 0.400. The van der Waals surface area contributed by atoms with E-state index in [0.717, 1.165) is 16.7 Å². The van der Waals surface area contributed by atoms with Gasteiger partial charge in [-0.2, -0.15) is 0 Å². The first-order valence-electron chi connectivity index (χ1n) is 6.48. The lowest BCUT2D eigenvalue weighted by atomic mass is 10.1. The molecule has 0 saturated carbocycles. The highest BCUT2D eigenvalue weighted by molar-refractivity contribution is 5.89. The molecule has 0 aliphatic rings. The van der Waals surface area contributed by atoms with E-state index in [4.69, 9.17) is 10.5 Å². The molecule has 2 rings (SSSR count). The summed E-state index contributed by atoms with van der Waals surface area (Å²) < 4.78 is 5.90. The summed E-state index contributed by atoms with van der Waals surface area (Å²) in [6, 6.07) is 7.91. The molecule has 2 N–H and O–H groups in total. The third kappa shape index (κ3) is 2.73. The number of nitrogens with two attached hydrogens (primary N) is 1. The summed E-state index contributed by atoms with van der Waals surface area (Å²) in [5.41, 5.74) is 7.49. The van der Waals surface area contributed by atoms with Crippen LogP contribution in [0.3, 0.4) is 0 Å². The van der Waals surface area contributed by atoms with Crippen LogP contribution < -0.4 is 10.5 Å². The van der Waals surface area contributed by atoms with E-state index in [1.165, 1.54) is 12.8 Å². The fourth-order valence-corrected chi connectivity index (χ4v) is 2.09. The molecule has 18 heavy (non-hydrogen) atoms. The lowest BCUT2D eigenvalue weighted by Gasteiger charge is -2.15. The largest absolute Gasteiger partial charge is 0.490 e. The third-order valence-corrected chi connectivity index (χ3v) is 3.05. The number of nitrogen functional groups attached to an aromatic ring is 1. The lowest BCUT2D eigenvalue weighted by molar-refractivity contribution is 0.255.